The van der Waals surface area contributed by atoms with E-state index in [2.05, 4.69) is 9.97 Å². The molecule has 0 saturated carbocycles. The van der Waals surface area contributed by atoms with Crippen LogP contribution in [-0.2, 0) is 0 Å². The lowest BCUT2D eigenvalue weighted by Crippen LogP contribution is -2.00. The molecule has 0 aliphatic rings. The molecule has 6 heteroatoms. The molecule has 0 aliphatic carbocycles. The molecule has 2 heterocycles. The lowest BCUT2D eigenvalue weighted by Gasteiger charge is -2.09. The minimum atomic E-state index is -0.922. The van der Waals surface area contributed by atoms with Crippen molar-refractivity contribution >= 4 is 16.7 Å². The molecule has 0 unspecified atom stereocenters. The van der Waals surface area contributed by atoms with E-state index in [0.717, 1.165) is 0 Å². The Morgan fingerprint density at radius 1 is 1.05 bits per heavy atom. The van der Waals surface area contributed by atoms with Gasteiger partial charge in [0.25, 0.3) is 5.88 Å². The predicted octanol–water partition coefficient (Wildman–Crippen LogP) is 3.28. The number of nitrogen functional groups attached to an aromatic ring is 1. The Hall–Kier alpha value is -2.76. The maximum Gasteiger partial charge on any atom is 0.258 e. The van der Waals surface area contributed by atoms with E-state index in [1.807, 2.05) is 0 Å². The molecule has 0 fully saturated rings. The Balaban J connectivity index is 2.08. The summed E-state index contributed by atoms with van der Waals surface area (Å²) in [7, 11) is 0. The summed E-state index contributed by atoms with van der Waals surface area (Å²) < 4.78 is 32.1. The van der Waals surface area contributed by atoms with E-state index < -0.39 is 17.5 Å². The number of hydrogen-bond acceptors (Lipinski definition) is 4. The zero-order chi connectivity index (χ0) is 14.1. The maximum atomic E-state index is 13.6. The number of pyridine rings is 2. The monoisotopic (exact) mass is 273 g/mol. The quantitative estimate of drug-likeness (QED) is 0.778. The van der Waals surface area contributed by atoms with Crippen LogP contribution < -0.4 is 10.5 Å². The lowest BCUT2D eigenvalue weighted by atomic mass is 10.2. The molecule has 0 bridgehead atoms. The van der Waals surface area contributed by atoms with E-state index in [0.29, 0.717) is 22.7 Å². The molecule has 2 aromatic heterocycles. The van der Waals surface area contributed by atoms with E-state index in [4.69, 9.17) is 10.5 Å². The highest BCUT2D eigenvalue weighted by Gasteiger charge is 2.13. The Morgan fingerprint density at radius 2 is 1.90 bits per heavy atom. The highest BCUT2D eigenvalue weighted by molar-refractivity contribution is 5.85. The second-order valence-corrected chi connectivity index (χ2v) is 4.07. The van der Waals surface area contributed by atoms with E-state index >= 15 is 0 Å². The van der Waals surface area contributed by atoms with Crippen molar-refractivity contribution in [3.63, 3.8) is 0 Å². The average Bonchev–Trinajstić information content (AvgIpc) is 2.45. The molecule has 0 spiro atoms. The van der Waals surface area contributed by atoms with Crippen LogP contribution in [0.1, 0.15) is 0 Å². The van der Waals surface area contributed by atoms with Crippen LogP contribution in [0.5, 0.6) is 11.6 Å². The molecule has 0 radical (unpaired) electrons. The van der Waals surface area contributed by atoms with Gasteiger partial charge in [-0.25, -0.2) is 8.78 Å². The van der Waals surface area contributed by atoms with Crippen molar-refractivity contribution in [3.8, 4) is 11.6 Å². The van der Waals surface area contributed by atoms with E-state index in [1.54, 1.807) is 36.5 Å². The van der Waals surface area contributed by atoms with Gasteiger partial charge in [-0.3, -0.25) is 4.98 Å². The molecular weight excluding hydrogens is 264 g/mol. The predicted molar refractivity (Wildman–Crippen MR) is 70.4 cm³/mol. The summed E-state index contributed by atoms with van der Waals surface area (Å²) in [6.07, 6.45) is 1.64. The normalized spacial score (nSPS) is 10.7. The molecule has 100 valence electrons. The van der Waals surface area contributed by atoms with Gasteiger partial charge in [0.15, 0.2) is 17.5 Å². The standard InChI is InChI=1S/C14H9F2N3O/c15-9-7-10(16)14(19-13(9)17)20-12-5-1-4-11-8(12)3-2-6-18-11/h1-7H,(H2,17,19). The first-order valence-electron chi connectivity index (χ1n) is 5.78. The van der Waals surface area contributed by atoms with Crippen molar-refractivity contribution in [2.75, 3.05) is 5.73 Å². The molecule has 2 N–H and O–H groups in total. The van der Waals surface area contributed by atoms with Gasteiger partial charge in [-0.1, -0.05) is 6.07 Å². The van der Waals surface area contributed by atoms with Crippen molar-refractivity contribution in [2.24, 2.45) is 0 Å². The van der Waals surface area contributed by atoms with Crippen LogP contribution in [0, 0.1) is 11.6 Å². The van der Waals surface area contributed by atoms with Crippen molar-refractivity contribution < 1.29 is 13.5 Å². The average molecular weight is 273 g/mol. The Labute approximate surface area is 112 Å². The number of halogens is 2. The maximum absolute atomic E-state index is 13.6. The second-order valence-electron chi connectivity index (χ2n) is 4.07. The summed E-state index contributed by atoms with van der Waals surface area (Å²) in [6.45, 7) is 0. The first-order valence-corrected chi connectivity index (χ1v) is 5.78. The number of fused-ring (bicyclic) bond motifs is 1. The highest BCUT2D eigenvalue weighted by Crippen LogP contribution is 2.30. The number of nitrogens with two attached hydrogens (primary N) is 1. The van der Waals surface area contributed by atoms with Crippen LogP contribution in [0.3, 0.4) is 0 Å². The lowest BCUT2D eigenvalue weighted by molar-refractivity contribution is 0.422. The molecule has 4 nitrogen and oxygen atoms in total. The number of rotatable bonds is 2. The molecule has 3 rings (SSSR count). The van der Waals surface area contributed by atoms with Crippen LogP contribution >= 0.6 is 0 Å². The highest BCUT2D eigenvalue weighted by atomic mass is 19.1. The van der Waals surface area contributed by atoms with Crippen molar-refractivity contribution in [2.45, 2.75) is 0 Å². The molecule has 20 heavy (non-hydrogen) atoms. The topological polar surface area (TPSA) is 61.0 Å². The summed E-state index contributed by atoms with van der Waals surface area (Å²) in [4.78, 5) is 7.72. The molecule has 3 aromatic rings. The number of anilines is 1. The van der Waals surface area contributed by atoms with Crippen LogP contribution in [0.4, 0.5) is 14.6 Å². The van der Waals surface area contributed by atoms with Gasteiger partial charge in [-0.05, 0) is 24.3 Å². The number of aromatic nitrogens is 2. The van der Waals surface area contributed by atoms with E-state index in [1.165, 1.54) is 0 Å². The van der Waals surface area contributed by atoms with Gasteiger partial charge in [0.1, 0.15) is 5.75 Å². The number of hydrogen-bond donors (Lipinski definition) is 1. The Morgan fingerprint density at radius 3 is 2.75 bits per heavy atom. The summed E-state index contributed by atoms with van der Waals surface area (Å²) in [5.41, 5.74) is 6.01. The first kappa shape index (κ1) is 12.3. The molecule has 1 aromatic carbocycles. The first-order chi connectivity index (χ1) is 9.65. The van der Waals surface area contributed by atoms with Crippen LogP contribution in [-0.4, -0.2) is 9.97 Å². The second kappa shape index (κ2) is 4.73. The molecule has 0 amide bonds. The van der Waals surface area contributed by atoms with Gasteiger partial charge >= 0.3 is 0 Å². The van der Waals surface area contributed by atoms with Crippen molar-refractivity contribution in [3.05, 3.63) is 54.2 Å². The number of benzene rings is 1. The zero-order valence-corrected chi connectivity index (χ0v) is 10.2. The number of nitrogens with zero attached hydrogens (tertiary/aromatic N) is 2. The third-order valence-electron chi connectivity index (χ3n) is 2.74. The summed E-state index contributed by atoms with van der Waals surface area (Å²) >= 11 is 0. The Bertz CT molecular complexity index is 787. The fourth-order valence-electron chi connectivity index (χ4n) is 1.80. The van der Waals surface area contributed by atoms with Gasteiger partial charge in [0.2, 0.25) is 0 Å². The smallest absolute Gasteiger partial charge is 0.258 e. The SMILES string of the molecule is Nc1nc(Oc2cccc3ncccc23)c(F)cc1F. The molecular formula is C14H9F2N3O. The van der Waals surface area contributed by atoms with Crippen molar-refractivity contribution in [1.29, 1.82) is 0 Å². The van der Waals surface area contributed by atoms with Crippen LogP contribution in [0.2, 0.25) is 0 Å². The summed E-state index contributed by atoms with van der Waals surface area (Å²) in [5.74, 6) is -2.26. The van der Waals surface area contributed by atoms with Gasteiger partial charge in [0, 0.05) is 17.6 Å². The largest absolute Gasteiger partial charge is 0.436 e. The molecule has 0 aliphatic heterocycles. The van der Waals surface area contributed by atoms with E-state index in [9.17, 15) is 8.78 Å². The molecule has 0 saturated heterocycles. The Kier molecular flexibility index (Phi) is 2.90. The number of ether oxygens (including phenoxy) is 1. The zero-order valence-electron chi connectivity index (χ0n) is 10.2. The fraction of sp³-hybridized carbons (Fsp3) is 0. The van der Waals surface area contributed by atoms with Crippen molar-refractivity contribution in [1.82, 2.24) is 9.97 Å². The van der Waals surface area contributed by atoms with E-state index in [-0.39, 0.29) is 5.88 Å². The van der Waals surface area contributed by atoms with Gasteiger partial charge in [-0.15, -0.1) is 0 Å². The van der Waals surface area contributed by atoms with Gasteiger partial charge in [0.05, 0.1) is 5.52 Å². The minimum absolute atomic E-state index is 0.369. The van der Waals surface area contributed by atoms with Crippen LogP contribution in [0.15, 0.2) is 42.6 Å². The fourth-order valence-corrected chi connectivity index (χ4v) is 1.80. The van der Waals surface area contributed by atoms with Crippen LogP contribution in [0.25, 0.3) is 10.9 Å². The summed E-state index contributed by atoms with van der Waals surface area (Å²) in [5, 5.41) is 0.694. The van der Waals surface area contributed by atoms with Gasteiger partial charge in [-0.2, -0.15) is 4.98 Å². The molecule has 0 atom stereocenters. The third kappa shape index (κ3) is 2.11. The third-order valence-corrected chi connectivity index (χ3v) is 2.74. The van der Waals surface area contributed by atoms with Gasteiger partial charge < -0.3 is 10.5 Å². The minimum Gasteiger partial charge on any atom is -0.436 e. The summed E-state index contributed by atoms with van der Waals surface area (Å²) in [6, 6.07) is 9.31.